The minimum Gasteiger partial charge on any atom is -0.454 e. The quantitative estimate of drug-likeness (QED) is 0.639. The number of amides is 2. The van der Waals surface area contributed by atoms with Gasteiger partial charge in [-0.05, 0) is 37.6 Å². The maximum Gasteiger partial charge on any atom is 0.325 e. The van der Waals surface area contributed by atoms with Crippen LogP contribution >= 0.6 is 23.2 Å². The van der Waals surface area contributed by atoms with Gasteiger partial charge in [-0.3, -0.25) is 14.4 Å². The number of nitrogens with zero attached hydrogens (tertiary/aromatic N) is 1. The second-order valence-corrected chi connectivity index (χ2v) is 7.39. The van der Waals surface area contributed by atoms with E-state index in [9.17, 15) is 14.4 Å². The van der Waals surface area contributed by atoms with Gasteiger partial charge in [0.2, 0.25) is 0 Å². The number of halogens is 2. The number of nitrogens with one attached hydrogen (secondary N) is 1. The van der Waals surface area contributed by atoms with Crippen molar-refractivity contribution in [2.24, 2.45) is 0 Å². The number of hydrogen-bond acceptors (Lipinski definition) is 4. The van der Waals surface area contributed by atoms with E-state index < -0.39 is 18.5 Å². The van der Waals surface area contributed by atoms with Gasteiger partial charge in [-0.15, -0.1) is 0 Å². The van der Waals surface area contributed by atoms with E-state index >= 15 is 0 Å². The SMILES string of the molecule is CC(C)N(Cc1ccccc1)C(=O)COC(=O)CNC(=O)c1ccc(Cl)c(Cl)c1. The molecule has 0 saturated heterocycles. The molecule has 29 heavy (non-hydrogen) atoms. The maximum atomic E-state index is 12.5. The van der Waals surface area contributed by atoms with Gasteiger partial charge in [0.15, 0.2) is 6.61 Å². The van der Waals surface area contributed by atoms with Crippen molar-refractivity contribution >= 4 is 41.0 Å². The standard InChI is InChI=1S/C21H22Cl2N2O4/c1-14(2)25(12-15-6-4-3-5-7-15)19(26)13-29-20(27)11-24-21(28)16-8-9-17(22)18(23)10-16/h3-10,14H,11-13H2,1-2H3,(H,24,28). The normalized spacial score (nSPS) is 10.5. The summed E-state index contributed by atoms with van der Waals surface area (Å²) in [6.07, 6.45) is 0. The molecule has 2 rings (SSSR count). The second-order valence-electron chi connectivity index (χ2n) is 6.57. The lowest BCUT2D eigenvalue weighted by Crippen LogP contribution is -2.40. The molecule has 2 aromatic carbocycles. The lowest BCUT2D eigenvalue weighted by atomic mass is 10.2. The molecule has 0 bridgehead atoms. The topological polar surface area (TPSA) is 75.7 Å². The second kappa shape index (κ2) is 10.8. The number of benzene rings is 2. The van der Waals surface area contributed by atoms with Gasteiger partial charge < -0.3 is 15.0 Å². The van der Waals surface area contributed by atoms with E-state index in [0.717, 1.165) is 5.56 Å². The zero-order valence-electron chi connectivity index (χ0n) is 16.2. The van der Waals surface area contributed by atoms with Gasteiger partial charge in [-0.25, -0.2) is 0 Å². The number of ether oxygens (including phenoxy) is 1. The number of carbonyl (C=O) groups excluding carboxylic acids is 3. The molecular weight excluding hydrogens is 415 g/mol. The minimum atomic E-state index is -0.713. The molecule has 0 aliphatic carbocycles. The van der Waals surface area contributed by atoms with Crippen LogP contribution in [-0.4, -0.2) is 41.9 Å². The summed E-state index contributed by atoms with van der Waals surface area (Å²) >= 11 is 11.7. The lowest BCUT2D eigenvalue weighted by Gasteiger charge is -2.26. The molecule has 6 nitrogen and oxygen atoms in total. The fourth-order valence-electron chi connectivity index (χ4n) is 2.51. The molecule has 0 aliphatic rings. The number of rotatable bonds is 8. The predicted octanol–water partition coefficient (Wildman–Crippen LogP) is 3.70. The van der Waals surface area contributed by atoms with Crippen molar-refractivity contribution in [1.82, 2.24) is 10.2 Å². The van der Waals surface area contributed by atoms with Gasteiger partial charge in [0, 0.05) is 18.2 Å². The van der Waals surface area contributed by atoms with Crippen molar-refractivity contribution < 1.29 is 19.1 Å². The molecular formula is C21H22Cl2N2O4. The summed E-state index contributed by atoms with van der Waals surface area (Å²) in [5.41, 5.74) is 1.24. The number of carbonyl (C=O) groups is 3. The molecule has 0 fully saturated rings. The summed E-state index contributed by atoms with van der Waals surface area (Å²) in [5.74, 6) is -1.53. The maximum absolute atomic E-state index is 12.5. The van der Waals surface area contributed by atoms with E-state index in [2.05, 4.69) is 5.32 Å². The highest BCUT2D eigenvalue weighted by Crippen LogP contribution is 2.22. The number of hydrogen-bond donors (Lipinski definition) is 1. The summed E-state index contributed by atoms with van der Waals surface area (Å²) in [6.45, 7) is 3.43. The van der Waals surface area contributed by atoms with Crippen LogP contribution < -0.4 is 5.32 Å². The Morgan fingerprint density at radius 3 is 2.34 bits per heavy atom. The van der Waals surface area contributed by atoms with Gasteiger partial charge in [-0.1, -0.05) is 53.5 Å². The van der Waals surface area contributed by atoms with Gasteiger partial charge in [0.05, 0.1) is 10.0 Å². The highest BCUT2D eigenvalue weighted by Gasteiger charge is 2.19. The van der Waals surface area contributed by atoms with Gasteiger partial charge in [0.25, 0.3) is 11.8 Å². The largest absolute Gasteiger partial charge is 0.454 e. The highest BCUT2D eigenvalue weighted by molar-refractivity contribution is 6.42. The van der Waals surface area contributed by atoms with Crippen LogP contribution in [0, 0.1) is 0 Å². The average Bonchev–Trinajstić information content (AvgIpc) is 2.71. The van der Waals surface area contributed by atoms with Crippen LogP contribution in [0.3, 0.4) is 0 Å². The van der Waals surface area contributed by atoms with E-state index in [-0.39, 0.29) is 29.1 Å². The van der Waals surface area contributed by atoms with Crippen LogP contribution in [-0.2, 0) is 20.9 Å². The van der Waals surface area contributed by atoms with Crippen molar-refractivity contribution in [2.75, 3.05) is 13.2 Å². The van der Waals surface area contributed by atoms with Crippen molar-refractivity contribution in [1.29, 1.82) is 0 Å². The zero-order chi connectivity index (χ0) is 21.4. The van der Waals surface area contributed by atoms with E-state index in [1.54, 1.807) is 4.90 Å². The smallest absolute Gasteiger partial charge is 0.325 e. The van der Waals surface area contributed by atoms with E-state index in [1.165, 1.54) is 18.2 Å². The molecule has 0 radical (unpaired) electrons. The van der Waals surface area contributed by atoms with Gasteiger partial charge in [-0.2, -0.15) is 0 Å². The summed E-state index contributed by atoms with van der Waals surface area (Å²) in [4.78, 5) is 38.0. The fourth-order valence-corrected chi connectivity index (χ4v) is 2.80. The molecule has 0 heterocycles. The van der Waals surface area contributed by atoms with Crippen LogP contribution in [0.25, 0.3) is 0 Å². The minimum absolute atomic E-state index is 0.0595. The molecule has 0 saturated carbocycles. The van der Waals surface area contributed by atoms with Crippen LogP contribution in [0.2, 0.25) is 10.0 Å². The van der Waals surface area contributed by atoms with Crippen LogP contribution in [0.1, 0.15) is 29.8 Å². The Bertz CT molecular complexity index is 872. The first-order chi connectivity index (χ1) is 13.8. The van der Waals surface area contributed by atoms with E-state index in [1.807, 2.05) is 44.2 Å². The summed E-state index contributed by atoms with van der Waals surface area (Å²) in [7, 11) is 0. The monoisotopic (exact) mass is 436 g/mol. The van der Waals surface area contributed by atoms with Crippen molar-refractivity contribution in [3.05, 3.63) is 69.7 Å². The number of esters is 1. The average molecular weight is 437 g/mol. The third kappa shape index (κ3) is 7.07. The molecule has 0 aliphatic heterocycles. The van der Waals surface area contributed by atoms with Crippen molar-refractivity contribution in [3.63, 3.8) is 0 Å². The Kier molecular flexibility index (Phi) is 8.49. The first-order valence-electron chi connectivity index (χ1n) is 9.00. The Morgan fingerprint density at radius 2 is 1.72 bits per heavy atom. The molecule has 2 aromatic rings. The third-order valence-corrected chi connectivity index (χ3v) is 4.81. The first-order valence-corrected chi connectivity index (χ1v) is 9.75. The fraction of sp³-hybridized carbons (Fsp3) is 0.286. The van der Waals surface area contributed by atoms with Crippen molar-refractivity contribution in [3.8, 4) is 0 Å². The Labute approximate surface area is 179 Å². The Hall–Kier alpha value is -2.57. The van der Waals surface area contributed by atoms with E-state index in [0.29, 0.717) is 11.6 Å². The van der Waals surface area contributed by atoms with Crippen LogP contribution in [0.4, 0.5) is 0 Å². The molecule has 0 aromatic heterocycles. The van der Waals surface area contributed by atoms with Crippen LogP contribution in [0.15, 0.2) is 48.5 Å². The molecule has 154 valence electrons. The molecule has 0 atom stereocenters. The van der Waals surface area contributed by atoms with Crippen LogP contribution in [0.5, 0.6) is 0 Å². The molecule has 0 spiro atoms. The first kappa shape index (κ1) is 22.7. The predicted molar refractivity (Wildman–Crippen MR) is 112 cm³/mol. The Balaban J connectivity index is 1.82. The third-order valence-electron chi connectivity index (χ3n) is 4.07. The lowest BCUT2D eigenvalue weighted by molar-refractivity contribution is -0.152. The van der Waals surface area contributed by atoms with Gasteiger partial charge in [0.1, 0.15) is 6.54 Å². The highest BCUT2D eigenvalue weighted by atomic mass is 35.5. The summed E-state index contributed by atoms with van der Waals surface area (Å²) < 4.78 is 5.01. The molecule has 1 N–H and O–H groups in total. The zero-order valence-corrected chi connectivity index (χ0v) is 17.7. The van der Waals surface area contributed by atoms with E-state index in [4.69, 9.17) is 27.9 Å². The summed E-state index contributed by atoms with van der Waals surface area (Å²) in [5, 5.41) is 2.98. The summed E-state index contributed by atoms with van der Waals surface area (Å²) in [6, 6.07) is 13.9. The van der Waals surface area contributed by atoms with Crippen molar-refractivity contribution in [2.45, 2.75) is 26.4 Å². The molecule has 0 unspecified atom stereocenters. The Morgan fingerprint density at radius 1 is 1.03 bits per heavy atom. The molecule has 2 amide bonds. The van der Waals surface area contributed by atoms with Gasteiger partial charge >= 0.3 is 5.97 Å². The molecule has 8 heteroatoms.